The molecule has 0 aromatic carbocycles. The Balaban J connectivity index is 2.40. The van der Waals surface area contributed by atoms with Crippen LogP contribution in [0.1, 0.15) is 26.0 Å². The first-order valence-corrected chi connectivity index (χ1v) is 6.43. The van der Waals surface area contributed by atoms with Crippen LogP contribution in [0.15, 0.2) is 21.6 Å². The first kappa shape index (κ1) is 13.1. The van der Waals surface area contributed by atoms with Gasteiger partial charge in [-0.05, 0) is 32.9 Å². The number of hydrogen-bond acceptors (Lipinski definition) is 4. The largest absolute Gasteiger partial charge is 0.468 e. The van der Waals surface area contributed by atoms with E-state index in [4.69, 9.17) is 9.68 Å². The second kappa shape index (κ2) is 5.97. The fraction of sp³-hybridized carbons (Fsp3) is 0.583. The van der Waals surface area contributed by atoms with Crippen molar-refractivity contribution < 1.29 is 4.42 Å². The van der Waals surface area contributed by atoms with E-state index in [1.54, 1.807) is 18.0 Å². The van der Waals surface area contributed by atoms with Crippen LogP contribution >= 0.6 is 11.8 Å². The molecular weight excluding hydrogens is 220 g/mol. The maximum atomic E-state index is 9.09. The molecule has 0 saturated heterocycles. The quantitative estimate of drug-likeness (QED) is 0.774. The number of rotatable bonds is 6. The lowest BCUT2D eigenvalue weighted by atomic mass is 10.0. The van der Waals surface area contributed by atoms with Gasteiger partial charge in [0.25, 0.3) is 0 Å². The average molecular weight is 238 g/mol. The molecule has 1 unspecified atom stereocenters. The van der Waals surface area contributed by atoms with Crippen LogP contribution in [0, 0.1) is 18.3 Å². The molecule has 0 saturated carbocycles. The van der Waals surface area contributed by atoms with Crippen LogP contribution < -0.4 is 5.32 Å². The number of furan rings is 1. The summed E-state index contributed by atoms with van der Waals surface area (Å²) in [7, 11) is 0. The molecule has 88 valence electrons. The average Bonchev–Trinajstić information content (AvgIpc) is 2.65. The third-order valence-electron chi connectivity index (χ3n) is 2.48. The fourth-order valence-corrected chi connectivity index (χ4v) is 2.60. The van der Waals surface area contributed by atoms with E-state index < -0.39 is 5.54 Å². The Labute approximate surface area is 101 Å². The number of nitriles is 1. The Hall–Kier alpha value is -0.920. The standard InChI is InChI=1S/C12H18N2OS/c1-4-14-12(3,9-13)6-8-16-11-5-7-15-10(11)2/h5,7,14H,4,6,8H2,1-3H3. The topological polar surface area (TPSA) is 49.0 Å². The van der Waals surface area contributed by atoms with Gasteiger partial charge in [0.05, 0.1) is 12.3 Å². The van der Waals surface area contributed by atoms with Crippen molar-refractivity contribution in [1.82, 2.24) is 5.32 Å². The Kier molecular flexibility index (Phi) is 4.91. The number of nitrogens with one attached hydrogen (secondary N) is 1. The summed E-state index contributed by atoms with van der Waals surface area (Å²) in [6.45, 7) is 6.73. The summed E-state index contributed by atoms with van der Waals surface area (Å²) in [6.07, 6.45) is 2.53. The molecule has 0 aliphatic heterocycles. The van der Waals surface area contributed by atoms with Gasteiger partial charge in [0, 0.05) is 10.6 Å². The highest BCUT2D eigenvalue weighted by Gasteiger charge is 2.21. The molecule has 4 heteroatoms. The van der Waals surface area contributed by atoms with Gasteiger partial charge in [-0.2, -0.15) is 5.26 Å². The normalized spacial score (nSPS) is 14.4. The maximum absolute atomic E-state index is 9.09. The zero-order valence-electron chi connectivity index (χ0n) is 10.0. The maximum Gasteiger partial charge on any atom is 0.114 e. The summed E-state index contributed by atoms with van der Waals surface area (Å²) in [4.78, 5) is 1.16. The Morgan fingerprint density at radius 3 is 2.88 bits per heavy atom. The van der Waals surface area contributed by atoms with Gasteiger partial charge in [-0.3, -0.25) is 5.32 Å². The van der Waals surface area contributed by atoms with Gasteiger partial charge in [-0.1, -0.05) is 6.92 Å². The zero-order valence-corrected chi connectivity index (χ0v) is 10.9. The molecule has 0 aliphatic carbocycles. The van der Waals surface area contributed by atoms with Crippen molar-refractivity contribution >= 4 is 11.8 Å². The van der Waals surface area contributed by atoms with Gasteiger partial charge in [-0.25, -0.2) is 0 Å². The van der Waals surface area contributed by atoms with Crippen LogP contribution in [-0.4, -0.2) is 17.8 Å². The molecular formula is C12H18N2OS. The lowest BCUT2D eigenvalue weighted by molar-refractivity contribution is 0.450. The summed E-state index contributed by atoms with van der Waals surface area (Å²) in [6, 6.07) is 4.30. The second-order valence-electron chi connectivity index (χ2n) is 3.91. The SMILES string of the molecule is CCNC(C)(C#N)CCSc1ccoc1C. The molecule has 0 amide bonds. The van der Waals surface area contributed by atoms with Crippen LogP contribution in [0.5, 0.6) is 0 Å². The number of nitrogens with zero attached hydrogens (tertiary/aromatic N) is 1. The van der Waals surface area contributed by atoms with Crippen LogP contribution in [-0.2, 0) is 0 Å². The van der Waals surface area contributed by atoms with Gasteiger partial charge in [-0.15, -0.1) is 11.8 Å². The monoisotopic (exact) mass is 238 g/mol. The molecule has 1 N–H and O–H groups in total. The van der Waals surface area contributed by atoms with Gasteiger partial charge in [0.2, 0.25) is 0 Å². The lowest BCUT2D eigenvalue weighted by Gasteiger charge is -2.21. The van der Waals surface area contributed by atoms with Crippen LogP contribution in [0.3, 0.4) is 0 Å². The number of thioether (sulfide) groups is 1. The third-order valence-corrected chi connectivity index (χ3v) is 3.63. The number of hydrogen-bond donors (Lipinski definition) is 1. The van der Waals surface area contributed by atoms with E-state index in [2.05, 4.69) is 11.4 Å². The summed E-state index contributed by atoms with van der Waals surface area (Å²) < 4.78 is 5.22. The summed E-state index contributed by atoms with van der Waals surface area (Å²) in [5.41, 5.74) is -0.417. The van der Waals surface area contributed by atoms with Crippen molar-refractivity contribution in [2.75, 3.05) is 12.3 Å². The first-order valence-electron chi connectivity index (χ1n) is 5.44. The lowest BCUT2D eigenvalue weighted by Crippen LogP contribution is -2.41. The van der Waals surface area contributed by atoms with E-state index in [0.29, 0.717) is 0 Å². The summed E-state index contributed by atoms with van der Waals surface area (Å²) >= 11 is 1.74. The minimum absolute atomic E-state index is 0.417. The smallest absolute Gasteiger partial charge is 0.114 e. The second-order valence-corrected chi connectivity index (χ2v) is 5.05. The highest BCUT2D eigenvalue weighted by atomic mass is 32.2. The third kappa shape index (κ3) is 3.58. The van der Waals surface area contributed by atoms with Crippen LogP contribution in [0.2, 0.25) is 0 Å². The molecule has 0 radical (unpaired) electrons. The van der Waals surface area contributed by atoms with Crippen molar-refractivity contribution in [3.05, 3.63) is 18.1 Å². The van der Waals surface area contributed by atoms with Crippen LogP contribution in [0.25, 0.3) is 0 Å². The van der Waals surface area contributed by atoms with Crippen molar-refractivity contribution in [1.29, 1.82) is 5.26 Å². The predicted molar refractivity (Wildman–Crippen MR) is 66.5 cm³/mol. The van der Waals surface area contributed by atoms with Crippen molar-refractivity contribution in [2.24, 2.45) is 0 Å². The van der Waals surface area contributed by atoms with Crippen molar-refractivity contribution in [3.63, 3.8) is 0 Å². The minimum Gasteiger partial charge on any atom is -0.468 e. The summed E-state index contributed by atoms with van der Waals surface area (Å²) in [5, 5.41) is 12.3. The van der Waals surface area contributed by atoms with E-state index in [-0.39, 0.29) is 0 Å². The van der Waals surface area contributed by atoms with E-state index in [1.165, 1.54) is 0 Å². The minimum atomic E-state index is -0.417. The van der Waals surface area contributed by atoms with E-state index in [9.17, 15) is 0 Å². The Bertz CT molecular complexity index is 369. The summed E-state index contributed by atoms with van der Waals surface area (Å²) in [5.74, 6) is 1.87. The molecule has 1 aromatic rings. The molecule has 1 rings (SSSR count). The highest BCUT2D eigenvalue weighted by Crippen LogP contribution is 2.25. The highest BCUT2D eigenvalue weighted by molar-refractivity contribution is 7.99. The Morgan fingerprint density at radius 1 is 1.62 bits per heavy atom. The van der Waals surface area contributed by atoms with Gasteiger partial charge >= 0.3 is 0 Å². The van der Waals surface area contributed by atoms with E-state index >= 15 is 0 Å². The van der Waals surface area contributed by atoms with Crippen molar-refractivity contribution in [3.8, 4) is 6.07 Å². The molecule has 3 nitrogen and oxygen atoms in total. The van der Waals surface area contributed by atoms with Gasteiger partial charge in [0.15, 0.2) is 0 Å². The van der Waals surface area contributed by atoms with Gasteiger partial charge in [0.1, 0.15) is 11.3 Å². The van der Waals surface area contributed by atoms with E-state index in [1.807, 2.05) is 26.8 Å². The molecule has 0 spiro atoms. The Morgan fingerprint density at radius 2 is 2.38 bits per heavy atom. The molecule has 0 aliphatic rings. The zero-order chi connectivity index (χ0) is 12.0. The number of aryl methyl sites for hydroxylation is 1. The van der Waals surface area contributed by atoms with E-state index in [0.717, 1.165) is 29.4 Å². The molecule has 1 aromatic heterocycles. The molecule has 0 fully saturated rings. The molecule has 0 bridgehead atoms. The fourth-order valence-electron chi connectivity index (χ4n) is 1.46. The predicted octanol–water partition coefficient (Wildman–Crippen LogP) is 2.96. The van der Waals surface area contributed by atoms with Crippen LogP contribution in [0.4, 0.5) is 0 Å². The van der Waals surface area contributed by atoms with Crippen molar-refractivity contribution in [2.45, 2.75) is 37.6 Å². The molecule has 1 heterocycles. The van der Waals surface area contributed by atoms with Gasteiger partial charge < -0.3 is 4.42 Å². The molecule has 16 heavy (non-hydrogen) atoms. The first-order chi connectivity index (χ1) is 7.61. The molecule has 1 atom stereocenters.